The molecule has 1 aromatic rings. The zero-order valence-corrected chi connectivity index (χ0v) is 9.17. The van der Waals surface area contributed by atoms with E-state index in [1.165, 1.54) is 29.9 Å². The number of thioether (sulfide) groups is 1. The van der Waals surface area contributed by atoms with Crippen molar-refractivity contribution in [2.75, 3.05) is 5.75 Å². The highest BCUT2D eigenvalue weighted by atomic mass is 32.2. The highest BCUT2D eigenvalue weighted by Crippen LogP contribution is 2.30. The van der Waals surface area contributed by atoms with Crippen LogP contribution in [0.25, 0.3) is 0 Å². The maximum absolute atomic E-state index is 5.88. The third-order valence-electron chi connectivity index (χ3n) is 2.81. The van der Waals surface area contributed by atoms with E-state index in [4.69, 9.17) is 5.73 Å². The van der Waals surface area contributed by atoms with Crippen molar-refractivity contribution >= 4 is 11.8 Å². The van der Waals surface area contributed by atoms with Gasteiger partial charge in [-0.05, 0) is 37.3 Å². The topological polar surface area (TPSA) is 26.0 Å². The average molecular weight is 207 g/mol. The third-order valence-corrected chi connectivity index (χ3v) is 4.05. The van der Waals surface area contributed by atoms with Gasteiger partial charge in [0.1, 0.15) is 0 Å². The lowest BCUT2D eigenvalue weighted by atomic mass is 10.1. The first-order valence-electron chi connectivity index (χ1n) is 5.28. The molecule has 1 aliphatic rings. The van der Waals surface area contributed by atoms with E-state index >= 15 is 0 Å². The van der Waals surface area contributed by atoms with Gasteiger partial charge in [0.2, 0.25) is 0 Å². The Bertz CT molecular complexity index is 273. The number of rotatable bonds is 3. The molecule has 0 radical (unpaired) electrons. The van der Waals surface area contributed by atoms with Gasteiger partial charge in [0.25, 0.3) is 0 Å². The molecule has 2 atom stereocenters. The minimum atomic E-state index is 0.469. The van der Waals surface area contributed by atoms with E-state index in [1.54, 1.807) is 0 Å². The van der Waals surface area contributed by atoms with Crippen LogP contribution < -0.4 is 5.73 Å². The average Bonchev–Trinajstić information content (AvgIpc) is 2.63. The minimum absolute atomic E-state index is 0.469. The Kier molecular flexibility index (Phi) is 3.49. The van der Waals surface area contributed by atoms with E-state index in [2.05, 4.69) is 30.3 Å². The van der Waals surface area contributed by atoms with Gasteiger partial charge in [0.15, 0.2) is 0 Å². The molecule has 2 heteroatoms. The van der Waals surface area contributed by atoms with Gasteiger partial charge in [-0.2, -0.15) is 0 Å². The molecule has 14 heavy (non-hydrogen) atoms. The summed E-state index contributed by atoms with van der Waals surface area (Å²) in [6.45, 7) is 0. The Balaban J connectivity index is 1.78. The predicted octanol–water partition coefficient (Wildman–Crippen LogP) is 2.91. The van der Waals surface area contributed by atoms with Gasteiger partial charge in [-0.1, -0.05) is 18.2 Å². The van der Waals surface area contributed by atoms with Crippen LogP contribution in [0.4, 0.5) is 0 Å². The van der Waals surface area contributed by atoms with Crippen molar-refractivity contribution in [1.82, 2.24) is 0 Å². The summed E-state index contributed by atoms with van der Waals surface area (Å²) in [5.74, 6) is 2.08. The summed E-state index contributed by atoms with van der Waals surface area (Å²) in [5, 5.41) is 0. The van der Waals surface area contributed by atoms with Crippen molar-refractivity contribution in [2.45, 2.75) is 30.2 Å². The van der Waals surface area contributed by atoms with Gasteiger partial charge in [-0.25, -0.2) is 0 Å². The van der Waals surface area contributed by atoms with E-state index in [0.29, 0.717) is 6.04 Å². The van der Waals surface area contributed by atoms with Crippen molar-refractivity contribution in [3.05, 3.63) is 30.3 Å². The van der Waals surface area contributed by atoms with Crippen LogP contribution in [0.2, 0.25) is 0 Å². The lowest BCUT2D eigenvalue weighted by molar-refractivity contribution is 0.603. The van der Waals surface area contributed by atoms with Crippen molar-refractivity contribution in [3.63, 3.8) is 0 Å². The lowest BCUT2D eigenvalue weighted by Gasteiger charge is -2.08. The second-order valence-electron chi connectivity index (χ2n) is 4.06. The molecule has 0 saturated heterocycles. The monoisotopic (exact) mass is 207 g/mol. The summed E-state index contributed by atoms with van der Waals surface area (Å²) in [5.41, 5.74) is 5.88. The number of benzene rings is 1. The van der Waals surface area contributed by atoms with Gasteiger partial charge in [-0.3, -0.25) is 0 Å². The van der Waals surface area contributed by atoms with Gasteiger partial charge < -0.3 is 5.73 Å². The van der Waals surface area contributed by atoms with Gasteiger partial charge in [-0.15, -0.1) is 11.8 Å². The Morgan fingerprint density at radius 3 is 2.64 bits per heavy atom. The summed E-state index contributed by atoms with van der Waals surface area (Å²) in [6.07, 6.45) is 3.76. The molecule has 1 fully saturated rings. The fourth-order valence-electron chi connectivity index (χ4n) is 2.00. The molecule has 0 spiro atoms. The molecule has 1 nitrogen and oxygen atoms in total. The molecular weight excluding hydrogens is 190 g/mol. The predicted molar refractivity (Wildman–Crippen MR) is 62.5 cm³/mol. The molecule has 0 aliphatic heterocycles. The van der Waals surface area contributed by atoms with Crippen LogP contribution in [0.1, 0.15) is 19.3 Å². The molecule has 2 N–H and O–H groups in total. The molecule has 1 aliphatic carbocycles. The van der Waals surface area contributed by atoms with Crippen LogP contribution in [0.15, 0.2) is 35.2 Å². The standard InChI is InChI=1S/C12H17NS/c13-11-7-6-10(8-11)9-14-12-4-2-1-3-5-12/h1-5,10-11H,6-9,13H2. The van der Waals surface area contributed by atoms with E-state index in [9.17, 15) is 0 Å². The van der Waals surface area contributed by atoms with Crippen molar-refractivity contribution in [2.24, 2.45) is 11.7 Å². The molecule has 1 saturated carbocycles. The highest BCUT2D eigenvalue weighted by molar-refractivity contribution is 7.99. The van der Waals surface area contributed by atoms with Gasteiger partial charge >= 0.3 is 0 Å². The molecule has 0 aromatic heterocycles. The maximum atomic E-state index is 5.88. The Labute approximate surface area is 90.1 Å². The molecule has 0 bridgehead atoms. The van der Waals surface area contributed by atoms with Crippen LogP contribution in [0.5, 0.6) is 0 Å². The Morgan fingerprint density at radius 2 is 2.00 bits per heavy atom. The zero-order valence-electron chi connectivity index (χ0n) is 8.36. The molecule has 0 heterocycles. The van der Waals surface area contributed by atoms with Crippen LogP contribution >= 0.6 is 11.8 Å². The van der Waals surface area contributed by atoms with E-state index in [0.717, 1.165) is 5.92 Å². The van der Waals surface area contributed by atoms with Crippen molar-refractivity contribution in [3.8, 4) is 0 Å². The van der Waals surface area contributed by atoms with E-state index < -0.39 is 0 Å². The highest BCUT2D eigenvalue weighted by Gasteiger charge is 2.21. The van der Waals surface area contributed by atoms with Crippen LogP contribution in [-0.2, 0) is 0 Å². The SMILES string of the molecule is NC1CCC(CSc2ccccc2)C1. The van der Waals surface area contributed by atoms with Crippen LogP contribution in [0.3, 0.4) is 0 Å². The largest absolute Gasteiger partial charge is 0.328 e. The number of hydrogen-bond acceptors (Lipinski definition) is 2. The first-order chi connectivity index (χ1) is 6.84. The van der Waals surface area contributed by atoms with E-state index in [1.807, 2.05) is 11.8 Å². The van der Waals surface area contributed by atoms with Gasteiger partial charge in [0.05, 0.1) is 0 Å². The lowest BCUT2D eigenvalue weighted by Crippen LogP contribution is -2.15. The molecule has 0 amide bonds. The zero-order chi connectivity index (χ0) is 9.80. The van der Waals surface area contributed by atoms with E-state index in [-0.39, 0.29) is 0 Å². The Morgan fingerprint density at radius 1 is 1.21 bits per heavy atom. The van der Waals surface area contributed by atoms with Gasteiger partial charge in [0, 0.05) is 16.7 Å². The summed E-state index contributed by atoms with van der Waals surface area (Å²) in [6, 6.07) is 11.1. The smallest absolute Gasteiger partial charge is 0.00720 e. The normalized spacial score (nSPS) is 26.6. The number of hydrogen-bond donors (Lipinski definition) is 1. The Hall–Kier alpha value is -0.470. The first kappa shape index (κ1) is 10.1. The molecular formula is C12H17NS. The molecule has 76 valence electrons. The number of nitrogens with two attached hydrogens (primary N) is 1. The quantitative estimate of drug-likeness (QED) is 0.771. The van der Waals surface area contributed by atoms with Crippen LogP contribution in [0, 0.1) is 5.92 Å². The fraction of sp³-hybridized carbons (Fsp3) is 0.500. The summed E-state index contributed by atoms with van der Waals surface area (Å²) >= 11 is 1.96. The minimum Gasteiger partial charge on any atom is -0.328 e. The second kappa shape index (κ2) is 4.85. The van der Waals surface area contributed by atoms with Crippen molar-refractivity contribution < 1.29 is 0 Å². The second-order valence-corrected chi connectivity index (χ2v) is 5.16. The maximum Gasteiger partial charge on any atom is 0.00720 e. The molecule has 2 unspecified atom stereocenters. The van der Waals surface area contributed by atoms with Crippen LogP contribution in [-0.4, -0.2) is 11.8 Å². The summed E-state index contributed by atoms with van der Waals surface area (Å²) in [4.78, 5) is 1.38. The summed E-state index contributed by atoms with van der Waals surface area (Å²) < 4.78 is 0. The van der Waals surface area contributed by atoms with Crippen molar-refractivity contribution in [1.29, 1.82) is 0 Å². The molecule has 1 aromatic carbocycles. The fourth-order valence-corrected chi connectivity index (χ4v) is 3.08. The third kappa shape index (κ3) is 2.76. The molecule has 2 rings (SSSR count). The summed E-state index contributed by atoms with van der Waals surface area (Å²) in [7, 11) is 0. The first-order valence-corrected chi connectivity index (χ1v) is 6.26.